The van der Waals surface area contributed by atoms with Crippen LogP contribution in [0.4, 0.5) is 0 Å². The van der Waals surface area contributed by atoms with Gasteiger partial charge in [-0.3, -0.25) is 9.59 Å². The Labute approximate surface area is 152 Å². The molecule has 1 aromatic carbocycles. The van der Waals surface area contributed by atoms with Gasteiger partial charge >= 0.3 is 0 Å². The lowest BCUT2D eigenvalue weighted by Crippen LogP contribution is -2.38. The van der Waals surface area contributed by atoms with E-state index in [4.69, 9.17) is 9.56 Å². The van der Waals surface area contributed by atoms with Crippen LogP contribution >= 0.6 is 0 Å². The summed E-state index contributed by atoms with van der Waals surface area (Å²) in [5.74, 6) is -0.232. The number of benzene rings is 1. The Morgan fingerprint density at radius 3 is 2.38 bits per heavy atom. The molecule has 2 amide bonds. The molecule has 0 spiro atoms. The van der Waals surface area contributed by atoms with Crippen molar-refractivity contribution in [2.45, 2.75) is 18.2 Å². The van der Waals surface area contributed by atoms with Crippen molar-refractivity contribution in [1.82, 2.24) is 10.2 Å². The van der Waals surface area contributed by atoms with E-state index in [0.717, 1.165) is 5.56 Å². The first kappa shape index (κ1) is 19.7. The standard InChI is InChI=1S/C17H21N3O5S/c1-13(21)20(11-9-19-17(22)16-3-2-12-25-16)10-8-14-4-6-15(7-5-14)26(18,23)24/h2-7,12H,8-11H2,1H3,(H,19,22)(H2,18,23,24). The molecule has 0 fully saturated rings. The predicted octanol–water partition coefficient (Wildman–Crippen LogP) is 0.748. The summed E-state index contributed by atoms with van der Waals surface area (Å²) in [5, 5.41) is 7.75. The van der Waals surface area contributed by atoms with E-state index in [1.165, 1.54) is 25.3 Å². The van der Waals surface area contributed by atoms with Crippen LogP contribution in [0.25, 0.3) is 0 Å². The molecule has 8 nitrogen and oxygen atoms in total. The Morgan fingerprint density at radius 1 is 1.15 bits per heavy atom. The van der Waals surface area contributed by atoms with Crippen molar-refractivity contribution in [3.8, 4) is 0 Å². The summed E-state index contributed by atoms with van der Waals surface area (Å²) in [7, 11) is -3.72. The van der Waals surface area contributed by atoms with E-state index in [1.807, 2.05) is 0 Å². The van der Waals surface area contributed by atoms with Crippen LogP contribution in [0, 0.1) is 0 Å². The first-order chi connectivity index (χ1) is 12.3. The third-order valence-electron chi connectivity index (χ3n) is 3.78. The summed E-state index contributed by atoms with van der Waals surface area (Å²) >= 11 is 0. The molecule has 0 saturated carbocycles. The molecule has 0 aliphatic carbocycles. The van der Waals surface area contributed by atoms with E-state index in [9.17, 15) is 18.0 Å². The first-order valence-electron chi connectivity index (χ1n) is 7.96. The highest BCUT2D eigenvalue weighted by molar-refractivity contribution is 7.89. The molecule has 3 N–H and O–H groups in total. The number of carbonyl (C=O) groups excluding carboxylic acids is 2. The fourth-order valence-electron chi connectivity index (χ4n) is 2.34. The molecule has 2 rings (SSSR count). The van der Waals surface area contributed by atoms with Crippen LogP contribution in [-0.4, -0.2) is 44.8 Å². The van der Waals surface area contributed by atoms with Crippen LogP contribution in [0.1, 0.15) is 23.0 Å². The van der Waals surface area contributed by atoms with Gasteiger partial charge in [-0.05, 0) is 36.2 Å². The number of furan rings is 1. The average molecular weight is 379 g/mol. The van der Waals surface area contributed by atoms with Gasteiger partial charge in [0.1, 0.15) is 0 Å². The topological polar surface area (TPSA) is 123 Å². The molecule has 9 heteroatoms. The fourth-order valence-corrected chi connectivity index (χ4v) is 2.85. The van der Waals surface area contributed by atoms with Crippen LogP contribution in [0.15, 0.2) is 52.0 Å². The summed E-state index contributed by atoms with van der Waals surface area (Å²) in [6.07, 6.45) is 1.97. The maximum atomic E-state index is 11.8. The molecule has 2 aromatic rings. The fraction of sp³-hybridized carbons (Fsp3) is 0.294. The highest BCUT2D eigenvalue weighted by atomic mass is 32.2. The molecular formula is C17H21N3O5S. The second-order valence-corrected chi connectivity index (χ2v) is 7.24. The Balaban J connectivity index is 1.84. The number of amides is 2. The molecular weight excluding hydrogens is 358 g/mol. The summed E-state index contributed by atoms with van der Waals surface area (Å²) in [5.41, 5.74) is 0.878. The summed E-state index contributed by atoms with van der Waals surface area (Å²) in [6, 6.07) is 9.38. The maximum absolute atomic E-state index is 11.8. The largest absolute Gasteiger partial charge is 0.459 e. The smallest absolute Gasteiger partial charge is 0.287 e. The van der Waals surface area contributed by atoms with Gasteiger partial charge in [0.2, 0.25) is 15.9 Å². The third-order valence-corrected chi connectivity index (χ3v) is 4.71. The minimum Gasteiger partial charge on any atom is -0.459 e. The number of hydrogen-bond donors (Lipinski definition) is 2. The van der Waals surface area contributed by atoms with Gasteiger partial charge in [0.25, 0.3) is 5.91 Å². The average Bonchev–Trinajstić information content (AvgIpc) is 3.11. The second kappa shape index (κ2) is 8.63. The van der Waals surface area contributed by atoms with E-state index in [-0.39, 0.29) is 22.5 Å². The third kappa shape index (κ3) is 5.71. The normalized spacial score (nSPS) is 11.2. The Hall–Kier alpha value is -2.65. The lowest BCUT2D eigenvalue weighted by molar-refractivity contribution is -0.128. The summed E-state index contributed by atoms with van der Waals surface area (Å²) < 4.78 is 27.5. The molecule has 140 valence electrons. The Kier molecular flexibility index (Phi) is 6.53. The van der Waals surface area contributed by atoms with E-state index >= 15 is 0 Å². The van der Waals surface area contributed by atoms with Crippen molar-refractivity contribution in [2.24, 2.45) is 5.14 Å². The van der Waals surface area contributed by atoms with E-state index < -0.39 is 10.0 Å². The van der Waals surface area contributed by atoms with Crippen molar-refractivity contribution < 1.29 is 22.4 Å². The van der Waals surface area contributed by atoms with E-state index in [0.29, 0.717) is 26.1 Å². The lowest BCUT2D eigenvalue weighted by atomic mass is 10.1. The SMILES string of the molecule is CC(=O)N(CCNC(=O)c1ccco1)CCc1ccc(S(N)(=O)=O)cc1. The van der Waals surface area contributed by atoms with Gasteiger partial charge in [-0.25, -0.2) is 13.6 Å². The highest BCUT2D eigenvalue weighted by Crippen LogP contribution is 2.10. The number of rotatable bonds is 8. The van der Waals surface area contributed by atoms with Gasteiger partial charge in [-0.2, -0.15) is 0 Å². The zero-order chi connectivity index (χ0) is 19.2. The Bertz CT molecular complexity index is 845. The van der Waals surface area contributed by atoms with Gasteiger partial charge in [0.05, 0.1) is 11.2 Å². The number of nitrogens with one attached hydrogen (secondary N) is 1. The number of nitrogens with two attached hydrogens (primary N) is 1. The van der Waals surface area contributed by atoms with Crippen molar-refractivity contribution >= 4 is 21.8 Å². The van der Waals surface area contributed by atoms with Gasteiger partial charge < -0.3 is 14.6 Å². The number of nitrogens with zero attached hydrogens (tertiary/aromatic N) is 1. The van der Waals surface area contributed by atoms with E-state index in [1.54, 1.807) is 29.2 Å². The van der Waals surface area contributed by atoms with Crippen molar-refractivity contribution in [3.05, 3.63) is 54.0 Å². The molecule has 1 heterocycles. The predicted molar refractivity (Wildman–Crippen MR) is 94.8 cm³/mol. The quantitative estimate of drug-likeness (QED) is 0.701. The molecule has 0 bridgehead atoms. The highest BCUT2D eigenvalue weighted by Gasteiger charge is 2.12. The Morgan fingerprint density at radius 2 is 1.85 bits per heavy atom. The zero-order valence-corrected chi connectivity index (χ0v) is 15.2. The summed E-state index contributed by atoms with van der Waals surface area (Å²) in [4.78, 5) is 25.2. The molecule has 0 radical (unpaired) electrons. The lowest BCUT2D eigenvalue weighted by Gasteiger charge is -2.21. The molecule has 0 unspecified atom stereocenters. The van der Waals surface area contributed by atoms with Crippen LogP contribution < -0.4 is 10.5 Å². The van der Waals surface area contributed by atoms with E-state index in [2.05, 4.69) is 5.32 Å². The molecule has 0 aliphatic rings. The second-order valence-electron chi connectivity index (χ2n) is 5.68. The maximum Gasteiger partial charge on any atom is 0.287 e. The van der Waals surface area contributed by atoms with Crippen molar-refractivity contribution in [3.63, 3.8) is 0 Å². The summed E-state index contributed by atoms with van der Waals surface area (Å²) in [6.45, 7) is 2.56. The van der Waals surface area contributed by atoms with Gasteiger partial charge in [0, 0.05) is 26.6 Å². The molecule has 0 atom stereocenters. The molecule has 26 heavy (non-hydrogen) atoms. The minimum absolute atomic E-state index is 0.0466. The van der Waals surface area contributed by atoms with Crippen LogP contribution in [-0.2, 0) is 21.2 Å². The zero-order valence-electron chi connectivity index (χ0n) is 14.3. The molecule has 0 saturated heterocycles. The van der Waals surface area contributed by atoms with Gasteiger partial charge in [-0.1, -0.05) is 12.1 Å². The molecule has 1 aromatic heterocycles. The van der Waals surface area contributed by atoms with Crippen LogP contribution in [0.3, 0.4) is 0 Å². The van der Waals surface area contributed by atoms with Crippen LogP contribution in [0.2, 0.25) is 0 Å². The number of primary sulfonamides is 1. The number of carbonyl (C=O) groups is 2. The first-order valence-corrected chi connectivity index (χ1v) is 9.51. The minimum atomic E-state index is -3.72. The van der Waals surface area contributed by atoms with Crippen LogP contribution in [0.5, 0.6) is 0 Å². The monoisotopic (exact) mass is 379 g/mol. The number of sulfonamides is 1. The van der Waals surface area contributed by atoms with Gasteiger partial charge in [-0.15, -0.1) is 0 Å². The molecule has 0 aliphatic heterocycles. The number of hydrogen-bond acceptors (Lipinski definition) is 5. The van der Waals surface area contributed by atoms with Crippen molar-refractivity contribution in [2.75, 3.05) is 19.6 Å². The van der Waals surface area contributed by atoms with Crippen molar-refractivity contribution in [1.29, 1.82) is 0 Å². The van der Waals surface area contributed by atoms with Gasteiger partial charge in [0.15, 0.2) is 5.76 Å².